The molecule has 130 valence electrons. The largest absolute Gasteiger partial charge is 0.465 e. The molecule has 0 atom stereocenters. The topological polar surface area (TPSA) is 98.8 Å². The van der Waals surface area contributed by atoms with Crippen LogP contribution in [0.1, 0.15) is 47.9 Å². The fraction of sp³-hybridized carbons (Fsp3) is 0.412. The summed E-state index contributed by atoms with van der Waals surface area (Å²) < 4.78 is 9.23. The van der Waals surface area contributed by atoms with E-state index in [1.165, 1.54) is 32.4 Å². The Hall–Kier alpha value is -2.70. The van der Waals surface area contributed by atoms with Crippen LogP contribution in [0.4, 0.5) is 5.69 Å². The number of hydrogen-bond acceptors (Lipinski definition) is 6. The molecule has 1 N–H and O–H groups in total. The number of Topliss-reactive ketones (excluding diaryl/α,β-unsaturated/α-hetero) is 1. The number of ketones is 1. The number of nitrogens with one attached hydrogen (secondary N) is 1. The van der Waals surface area contributed by atoms with Crippen LogP contribution in [-0.2, 0) is 19.1 Å². The molecule has 0 aliphatic heterocycles. The van der Waals surface area contributed by atoms with E-state index >= 15 is 0 Å². The zero-order valence-electron chi connectivity index (χ0n) is 14.4. The normalized spacial score (nSPS) is 10.7. The third-order valence-corrected chi connectivity index (χ3v) is 3.22. The smallest absolute Gasteiger partial charge is 0.337 e. The Kier molecular flexibility index (Phi) is 6.22. The van der Waals surface area contributed by atoms with Gasteiger partial charge in [-0.3, -0.25) is 9.59 Å². The van der Waals surface area contributed by atoms with Crippen LogP contribution in [-0.4, -0.2) is 37.8 Å². The van der Waals surface area contributed by atoms with Gasteiger partial charge < -0.3 is 14.8 Å². The van der Waals surface area contributed by atoms with Gasteiger partial charge >= 0.3 is 11.9 Å². The van der Waals surface area contributed by atoms with Crippen molar-refractivity contribution < 1.29 is 28.7 Å². The number of ether oxygens (including phenoxy) is 2. The predicted octanol–water partition coefficient (Wildman–Crippen LogP) is 2.20. The Labute approximate surface area is 140 Å². The molecule has 0 aromatic heterocycles. The summed E-state index contributed by atoms with van der Waals surface area (Å²) in [4.78, 5) is 47.3. The Morgan fingerprint density at radius 2 is 1.38 bits per heavy atom. The van der Waals surface area contributed by atoms with Crippen molar-refractivity contribution in [2.75, 3.05) is 19.5 Å². The zero-order valence-corrected chi connectivity index (χ0v) is 14.4. The minimum Gasteiger partial charge on any atom is -0.465 e. The number of benzene rings is 1. The van der Waals surface area contributed by atoms with Crippen LogP contribution in [0.5, 0.6) is 0 Å². The summed E-state index contributed by atoms with van der Waals surface area (Å²) in [6.45, 7) is 5.15. The summed E-state index contributed by atoms with van der Waals surface area (Å²) in [5.41, 5.74) is -0.275. The molecule has 24 heavy (non-hydrogen) atoms. The zero-order chi connectivity index (χ0) is 18.5. The van der Waals surface area contributed by atoms with Crippen LogP contribution in [0.2, 0.25) is 0 Å². The molecule has 1 rings (SSSR count). The Bertz CT molecular complexity index is 638. The van der Waals surface area contributed by atoms with E-state index in [0.29, 0.717) is 0 Å². The number of esters is 2. The molecule has 0 heterocycles. The van der Waals surface area contributed by atoms with Gasteiger partial charge in [0.15, 0.2) is 0 Å². The second-order valence-electron chi connectivity index (χ2n) is 6.18. The van der Waals surface area contributed by atoms with Crippen LogP contribution in [0.15, 0.2) is 18.2 Å². The van der Waals surface area contributed by atoms with Crippen molar-refractivity contribution in [2.45, 2.75) is 27.2 Å². The average molecular weight is 335 g/mol. The first-order valence-corrected chi connectivity index (χ1v) is 7.23. The van der Waals surface area contributed by atoms with Gasteiger partial charge in [-0.25, -0.2) is 9.59 Å². The summed E-state index contributed by atoms with van der Waals surface area (Å²) in [5.74, 6) is -2.09. The molecular weight excluding hydrogens is 314 g/mol. The highest BCUT2D eigenvalue weighted by atomic mass is 16.5. The van der Waals surface area contributed by atoms with E-state index in [-0.39, 0.29) is 29.0 Å². The Morgan fingerprint density at radius 3 is 1.75 bits per heavy atom. The summed E-state index contributed by atoms with van der Waals surface area (Å²) in [6.07, 6.45) is -0.306. The van der Waals surface area contributed by atoms with Gasteiger partial charge in [0.05, 0.1) is 31.8 Å². The monoisotopic (exact) mass is 335 g/mol. The van der Waals surface area contributed by atoms with E-state index < -0.39 is 23.3 Å². The first-order chi connectivity index (χ1) is 11.1. The van der Waals surface area contributed by atoms with Gasteiger partial charge in [-0.15, -0.1) is 0 Å². The van der Waals surface area contributed by atoms with Crippen LogP contribution >= 0.6 is 0 Å². The second-order valence-corrected chi connectivity index (χ2v) is 6.18. The van der Waals surface area contributed by atoms with Gasteiger partial charge in [-0.2, -0.15) is 0 Å². The van der Waals surface area contributed by atoms with Crippen LogP contribution < -0.4 is 5.32 Å². The molecule has 0 aliphatic rings. The first-order valence-electron chi connectivity index (χ1n) is 7.23. The van der Waals surface area contributed by atoms with Crippen molar-refractivity contribution in [3.8, 4) is 0 Å². The standard InChI is InChI=1S/C17H21NO6/c1-17(2,3)13(19)9-14(20)18-12-7-10(15(21)23-4)6-11(8-12)16(22)24-5/h6-8H,9H2,1-5H3,(H,18,20). The second kappa shape index (κ2) is 7.72. The van der Waals surface area contributed by atoms with Gasteiger partial charge in [0, 0.05) is 11.1 Å². The quantitative estimate of drug-likeness (QED) is 0.654. The van der Waals surface area contributed by atoms with E-state index in [9.17, 15) is 19.2 Å². The number of carbonyl (C=O) groups excluding carboxylic acids is 4. The van der Waals surface area contributed by atoms with Gasteiger partial charge in [0.2, 0.25) is 5.91 Å². The summed E-state index contributed by atoms with van der Waals surface area (Å²) in [7, 11) is 2.40. The highest BCUT2D eigenvalue weighted by Gasteiger charge is 2.24. The number of methoxy groups -OCH3 is 2. The molecule has 1 aromatic carbocycles. The molecule has 1 aromatic rings. The lowest BCUT2D eigenvalue weighted by molar-refractivity contribution is -0.130. The Balaban J connectivity index is 3.05. The lowest BCUT2D eigenvalue weighted by Gasteiger charge is -2.16. The lowest BCUT2D eigenvalue weighted by Crippen LogP contribution is -2.26. The maximum Gasteiger partial charge on any atom is 0.337 e. The van der Waals surface area contributed by atoms with Gasteiger partial charge in [-0.1, -0.05) is 20.8 Å². The van der Waals surface area contributed by atoms with E-state index in [2.05, 4.69) is 14.8 Å². The Morgan fingerprint density at radius 1 is 0.917 bits per heavy atom. The fourth-order valence-electron chi connectivity index (χ4n) is 1.79. The van der Waals surface area contributed by atoms with E-state index in [1.807, 2.05) is 0 Å². The van der Waals surface area contributed by atoms with E-state index in [4.69, 9.17) is 0 Å². The SMILES string of the molecule is COC(=O)c1cc(NC(=O)CC(=O)C(C)(C)C)cc(C(=O)OC)c1. The molecule has 7 heteroatoms. The third-order valence-electron chi connectivity index (χ3n) is 3.22. The summed E-state index contributed by atoms with van der Waals surface area (Å²) in [6, 6.07) is 4.02. The molecule has 0 fully saturated rings. The van der Waals surface area contributed by atoms with Crippen molar-refractivity contribution in [3.05, 3.63) is 29.3 Å². The molecule has 0 saturated carbocycles. The molecule has 0 saturated heterocycles. The van der Waals surface area contributed by atoms with Crippen molar-refractivity contribution in [3.63, 3.8) is 0 Å². The predicted molar refractivity (Wildman–Crippen MR) is 86.8 cm³/mol. The maximum atomic E-state index is 12.0. The number of rotatable bonds is 5. The van der Waals surface area contributed by atoms with Crippen LogP contribution in [0, 0.1) is 5.41 Å². The van der Waals surface area contributed by atoms with Gasteiger partial charge in [0.1, 0.15) is 5.78 Å². The minimum atomic E-state index is -0.665. The highest BCUT2D eigenvalue weighted by Crippen LogP contribution is 2.19. The molecule has 0 bridgehead atoms. The van der Waals surface area contributed by atoms with Gasteiger partial charge in [-0.05, 0) is 18.2 Å². The minimum absolute atomic E-state index is 0.0813. The molecule has 0 aliphatic carbocycles. The van der Waals surface area contributed by atoms with Crippen LogP contribution in [0.3, 0.4) is 0 Å². The van der Waals surface area contributed by atoms with Crippen LogP contribution in [0.25, 0.3) is 0 Å². The molecule has 0 spiro atoms. The summed E-state index contributed by atoms with van der Waals surface area (Å²) >= 11 is 0. The molecule has 1 amide bonds. The number of hydrogen-bond donors (Lipinski definition) is 1. The highest BCUT2D eigenvalue weighted by molar-refractivity contribution is 6.07. The number of carbonyl (C=O) groups is 4. The molecular formula is C17H21NO6. The fourth-order valence-corrected chi connectivity index (χ4v) is 1.79. The van der Waals surface area contributed by atoms with Crippen molar-refractivity contribution in [1.29, 1.82) is 0 Å². The van der Waals surface area contributed by atoms with Gasteiger partial charge in [0.25, 0.3) is 0 Å². The van der Waals surface area contributed by atoms with E-state index in [1.54, 1.807) is 20.8 Å². The first kappa shape index (κ1) is 19.3. The van der Waals surface area contributed by atoms with E-state index in [0.717, 1.165) is 0 Å². The molecule has 0 unspecified atom stereocenters. The summed E-state index contributed by atoms with van der Waals surface area (Å²) in [5, 5.41) is 2.51. The lowest BCUT2D eigenvalue weighted by atomic mass is 9.89. The molecule has 0 radical (unpaired) electrons. The van der Waals surface area contributed by atoms with Crippen molar-refractivity contribution in [1.82, 2.24) is 0 Å². The maximum absolute atomic E-state index is 12.0. The van der Waals surface area contributed by atoms with Crippen molar-refractivity contribution in [2.24, 2.45) is 5.41 Å². The average Bonchev–Trinajstić information content (AvgIpc) is 2.51. The number of anilines is 1. The molecule has 7 nitrogen and oxygen atoms in total. The third kappa shape index (κ3) is 5.19. The van der Waals surface area contributed by atoms with Crippen molar-refractivity contribution >= 4 is 29.3 Å². The number of amides is 1.